The van der Waals surface area contributed by atoms with E-state index in [0.29, 0.717) is 12.2 Å². The van der Waals surface area contributed by atoms with Gasteiger partial charge < -0.3 is 15.4 Å². The third-order valence-corrected chi connectivity index (χ3v) is 4.28. The summed E-state index contributed by atoms with van der Waals surface area (Å²) in [6.45, 7) is 4.03. The molecule has 0 saturated heterocycles. The van der Waals surface area contributed by atoms with Gasteiger partial charge in [0.25, 0.3) is 0 Å². The van der Waals surface area contributed by atoms with Crippen molar-refractivity contribution in [1.29, 1.82) is 0 Å². The van der Waals surface area contributed by atoms with E-state index < -0.39 is 0 Å². The van der Waals surface area contributed by atoms with Gasteiger partial charge in [-0.05, 0) is 26.0 Å². The average molecular weight is 315 g/mol. The molecule has 0 unspecified atom stereocenters. The van der Waals surface area contributed by atoms with Crippen molar-refractivity contribution in [2.45, 2.75) is 19.9 Å². The molecule has 1 aliphatic heterocycles. The van der Waals surface area contributed by atoms with Gasteiger partial charge in [-0.1, -0.05) is 12.1 Å². The molecule has 0 spiro atoms. The van der Waals surface area contributed by atoms with Crippen molar-refractivity contribution < 1.29 is 9.53 Å². The van der Waals surface area contributed by atoms with Crippen LogP contribution in [0.25, 0.3) is 0 Å². The van der Waals surface area contributed by atoms with Crippen LogP contribution in [0.5, 0.6) is 0 Å². The lowest BCUT2D eigenvalue weighted by molar-refractivity contribution is -0.138. The first-order valence-corrected chi connectivity index (χ1v) is 7.98. The summed E-state index contributed by atoms with van der Waals surface area (Å²) in [5.41, 5.74) is 3.20. The summed E-state index contributed by atoms with van der Waals surface area (Å²) in [5.74, 6) is -0.326. The summed E-state index contributed by atoms with van der Waals surface area (Å²) >= 11 is 1.51. The summed E-state index contributed by atoms with van der Waals surface area (Å²) < 4.78 is 5.23. The van der Waals surface area contributed by atoms with Crippen molar-refractivity contribution in [3.63, 3.8) is 0 Å². The van der Waals surface area contributed by atoms with Gasteiger partial charge in [-0.2, -0.15) is 0 Å². The van der Waals surface area contributed by atoms with Gasteiger partial charge in [-0.3, -0.25) is 0 Å². The van der Waals surface area contributed by atoms with Gasteiger partial charge in [0, 0.05) is 17.3 Å². The maximum atomic E-state index is 12.4. The van der Waals surface area contributed by atoms with E-state index in [-0.39, 0.29) is 12.0 Å². The molecule has 0 amide bonds. The molecule has 1 aromatic carbocycles. The minimum atomic E-state index is -0.326. The number of nitrogens with zero attached hydrogens (tertiary/aromatic N) is 1. The largest absolute Gasteiger partial charge is 0.463 e. The molecule has 0 aliphatic carbocycles. The van der Waals surface area contributed by atoms with E-state index in [9.17, 15) is 4.79 Å². The number of allylic oxidation sites excluding steroid dienone is 1. The number of benzene rings is 1. The number of nitrogens with one attached hydrogen (secondary N) is 2. The Morgan fingerprint density at radius 2 is 2.14 bits per heavy atom. The number of hydrogen-bond acceptors (Lipinski definition) is 6. The molecule has 5 nitrogen and oxygen atoms in total. The number of ether oxygens (including phenoxy) is 1. The molecule has 1 aliphatic rings. The first-order valence-electron chi connectivity index (χ1n) is 7.10. The Bertz CT molecular complexity index is 710. The van der Waals surface area contributed by atoms with Gasteiger partial charge in [0.2, 0.25) is 0 Å². The van der Waals surface area contributed by atoms with Crippen LogP contribution in [0.2, 0.25) is 0 Å². The third kappa shape index (κ3) is 2.69. The number of thiazole rings is 1. The van der Waals surface area contributed by atoms with E-state index in [2.05, 4.69) is 15.6 Å². The van der Waals surface area contributed by atoms with Crippen LogP contribution in [0, 0.1) is 0 Å². The standard InChI is InChI=1S/C16H17N3O2S/c1-3-21-16(20)13-10(2)18-11-6-4-5-7-12(11)19-14(13)15-17-8-9-22-15/h4-9,14,18-19H,3H2,1-2H3/t14-/m1/s1. The molecule has 2 aromatic rings. The first kappa shape index (κ1) is 14.6. The molecule has 0 saturated carbocycles. The topological polar surface area (TPSA) is 63.2 Å². The molecule has 0 fully saturated rings. The van der Waals surface area contributed by atoms with E-state index in [1.807, 2.05) is 36.6 Å². The van der Waals surface area contributed by atoms with Crippen LogP contribution in [0.3, 0.4) is 0 Å². The second-order valence-electron chi connectivity index (χ2n) is 4.88. The van der Waals surface area contributed by atoms with Crippen molar-refractivity contribution in [3.05, 3.63) is 52.1 Å². The zero-order chi connectivity index (χ0) is 15.5. The highest BCUT2D eigenvalue weighted by Crippen LogP contribution is 2.37. The number of rotatable bonds is 3. The molecule has 2 N–H and O–H groups in total. The van der Waals surface area contributed by atoms with Crippen LogP contribution in [0.1, 0.15) is 24.9 Å². The fraction of sp³-hybridized carbons (Fsp3) is 0.250. The Hall–Kier alpha value is -2.34. The fourth-order valence-electron chi connectivity index (χ4n) is 2.47. The molecule has 1 atom stereocenters. The van der Waals surface area contributed by atoms with Crippen LogP contribution >= 0.6 is 11.3 Å². The third-order valence-electron chi connectivity index (χ3n) is 3.44. The van der Waals surface area contributed by atoms with Gasteiger partial charge >= 0.3 is 5.97 Å². The lowest BCUT2D eigenvalue weighted by atomic mass is 10.1. The van der Waals surface area contributed by atoms with Crippen molar-refractivity contribution >= 4 is 28.7 Å². The van der Waals surface area contributed by atoms with Crippen molar-refractivity contribution in [1.82, 2.24) is 4.98 Å². The van der Waals surface area contributed by atoms with Crippen molar-refractivity contribution in [2.24, 2.45) is 0 Å². The molecular weight excluding hydrogens is 298 g/mol. The second-order valence-corrected chi connectivity index (χ2v) is 5.80. The van der Waals surface area contributed by atoms with Gasteiger partial charge in [-0.25, -0.2) is 9.78 Å². The molecule has 6 heteroatoms. The molecule has 114 valence electrons. The van der Waals surface area contributed by atoms with Crippen LogP contribution < -0.4 is 10.6 Å². The van der Waals surface area contributed by atoms with Crippen LogP contribution in [-0.4, -0.2) is 17.6 Å². The summed E-state index contributed by atoms with van der Waals surface area (Å²) in [5, 5.41) is 9.44. The van der Waals surface area contributed by atoms with Gasteiger partial charge in [0.1, 0.15) is 11.0 Å². The zero-order valence-electron chi connectivity index (χ0n) is 12.4. The van der Waals surface area contributed by atoms with E-state index in [1.165, 1.54) is 11.3 Å². The van der Waals surface area contributed by atoms with Crippen LogP contribution in [0.4, 0.5) is 11.4 Å². The van der Waals surface area contributed by atoms with Crippen LogP contribution in [-0.2, 0) is 9.53 Å². The lowest BCUT2D eigenvalue weighted by Gasteiger charge is -2.19. The molecular formula is C16H17N3O2S. The molecule has 22 heavy (non-hydrogen) atoms. The summed E-state index contributed by atoms with van der Waals surface area (Å²) in [6, 6.07) is 7.53. The maximum absolute atomic E-state index is 12.4. The Labute approximate surface area is 133 Å². The lowest BCUT2D eigenvalue weighted by Crippen LogP contribution is -2.22. The van der Waals surface area contributed by atoms with E-state index in [1.54, 1.807) is 13.1 Å². The number of hydrogen-bond donors (Lipinski definition) is 2. The summed E-state index contributed by atoms with van der Waals surface area (Å²) in [7, 11) is 0. The molecule has 0 radical (unpaired) electrons. The Morgan fingerprint density at radius 3 is 2.82 bits per heavy atom. The SMILES string of the molecule is CCOC(=O)C1=C(C)Nc2ccccc2N[C@H]1c1nccs1. The second kappa shape index (κ2) is 6.19. The zero-order valence-corrected chi connectivity index (χ0v) is 13.2. The van der Waals surface area contributed by atoms with Gasteiger partial charge in [0.05, 0.1) is 23.6 Å². The Morgan fingerprint density at radius 1 is 1.36 bits per heavy atom. The minimum absolute atomic E-state index is 0.324. The molecule has 2 heterocycles. The van der Waals surface area contributed by atoms with Crippen LogP contribution in [0.15, 0.2) is 47.1 Å². The summed E-state index contributed by atoms with van der Waals surface area (Å²) in [6.07, 6.45) is 1.74. The fourth-order valence-corrected chi connectivity index (χ4v) is 3.17. The van der Waals surface area contributed by atoms with Gasteiger partial charge in [-0.15, -0.1) is 11.3 Å². The van der Waals surface area contributed by atoms with E-state index in [0.717, 1.165) is 22.1 Å². The number of anilines is 2. The Balaban J connectivity index is 2.09. The predicted octanol–water partition coefficient (Wildman–Crippen LogP) is 3.56. The summed E-state index contributed by atoms with van der Waals surface area (Å²) in [4.78, 5) is 16.8. The number of fused-ring (bicyclic) bond motifs is 1. The van der Waals surface area contributed by atoms with Gasteiger partial charge in [0.15, 0.2) is 0 Å². The number of carbonyl (C=O) groups excluding carboxylic acids is 1. The molecule has 3 rings (SSSR count). The highest BCUT2D eigenvalue weighted by Gasteiger charge is 2.31. The highest BCUT2D eigenvalue weighted by molar-refractivity contribution is 7.09. The predicted molar refractivity (Wildman–Crippen MR) is 87.9 cm³/mol. The number of carbonyl (C=O) groups is 1. The normalized spacial score (nSPS) is 17.1. The van der Waals surface area contributed by atoms with E-state index in [4.69, 9.17) is 4.74 Å². The first-order chi connectivity index (χ1) is 10.7. The smallest absolute Gasteiger partial charge is 0.338 e. The molecule has 1 aromatic heterocycles. The minimum Gasteiger partial charge on any atom is -0.463 e. The van der Waals surface area contributed by atoms with Crippen molar-refractivity contribution in [3.8, 4) is 0 Å². The molecule has 0 bridgehead atoms. The number of para-hydroxylation sites is 2. The number of aromatic nitrogens is 1. The number of esters is 1. The highest BCUT2D eigenvalue weighted by atomic mass is 32.1. The average Bonchev–Trinajstić information content (AvgIpc) is 2.98. The van der Waals surface area contributed by atoms with Crippen molar-refractivity contribution in [2.75, 3.05) is 17.2 Å². The Kier molecular flexibility index (Phi) is 4.11. The quantitative estimate of drug-likeness (QED) is 0.848. The maximum Gasteiger partial charge on any atom is 0.338 e. The monoisotopic (exact) mass is 315 g/mol. The van der Waals surface area contributed by atoms with E-state index >= 15 is 0 Å².